The van der Waals surface area contributed by atoms with Gasteiger partial charge in [0.25, 0.3) is 5.91 Å². The lowest BCUT2D eigenvalue weighted by Crippen LogP contribution is -2.12. The predicted molar refractivity (Wildman–Crippen MR) is 115 cm³/mol. The summed E-state index contributed by atoms with van der Waals surface area (Å²) in [5.74, 6) is -0.259. The molecule has 1 unspecified atom stereocenters. The lowest BCUT2D eigenvalue weighted by Gasteiger charge is -2.00. The van der Waals surface area contributed by atoms with Crippen LogP contribution in [0.4, 0.5) is 5.13 Å². The number of nitrogens with zero attached hydrogens (tertiary/aromatic N) is 2. The Bertz CT molecular complexity index is 1090. The first-order valence-corrected chi connectivity index (χ1v) is 10.8. The molecule has 0 bridgehead atoms. The Hall–Kier alpha value is -2.26. The number of hydrogen-bond donors (Lipinski definition) is 2. The van der Waals surface area contributed by atoms with E-state index >= 15 is 0 Å². The van der Waals surface area contributed by atoms with Gasteiger partial charge in [0.15, 0.2) is 9.47 Å². The molecule has 2 aromatic carbocycles. The van der Waals surface area contributed by atoms with Crippen molar-refractivity contribution in [3.8, 4) is 11.1 Å². The second-order valence-electron chi connectivity index (χ2n) is 5.84. The first kappa shape index (κ1) is 18.1. The molecule has 27 heavy (non-hydrogen) atoms. The van der Waals surface area contributed by atoms with Gasteiger partial charge in [-0.25, -0.2) is 9.97 Å². The lowest BCUT2D eigenvalue weighted by atomic mass is 10.1. The summed E-state index contributed by atoms with van der Waals surface area (Å²) in [6.45, 7) is 1.89. The summed E-state index contributed by atoms with van der Waals surface area (Å²) in [6, 6.07) is 16.3. The van der Waals surface area contributed by atoms with Gasteiger partial charge in [0.1, 0.15) is 5.69 Å². The van der Waals surface area contributed by atoms with E-state index in [4.69, 9.17) is 5.73 Å². The Morgan fingerprint density at radius 1 is 1.15 bits per heavy atom. The molecule has 0 radical (unpaired) electrons. The summed E-state index contributed by atoms with van der Waals surface area (Å²) in [5.41, 5.74) is 9.28. The summed E-state index contributed by atoms with van der Waals surface area (Å²) >= 11 is 4.31. The first-order valence-electron chi connectivity index (χ1n) is 8.23. The highest BCUT2D eigenvalue weighted by Crippen LogP contribution is 2.31. The number of amides is 1. The van der Waals surface area contributed by atoms with Gasteiger partial charge in [-0.1, -0.05) is 59.5 Å². The largest absolute Gasteiger partial charge is 0.319 e. The molecule has 4 rings (SSSR count). The molecular formula is C19H16N4OS3. The highest BCUT2D eigenvalue weighted by Gasteiger charge is 2.14. The van der Waals surface area contributed by atoms with Crippen LogP contribution < -0.4 is 11.1 Å². The smallest absolute Gasteiger partial charge is 0.276 e. The number of nitrogens with two attached hydrogens (primary N) is 1. The van der Waals surface area contributed by atoms with Crippen LogP contribution in [0.3, 0.4) is 0 Å². The fraction of sp³-hybridized carbons (Fsp3) is 0.105. The van der Waals surface area contributed by atoms with Gasteiger partial charge >= 0.3 is 0 Å². The maximum Gasteiger partial charge on any atom is 0.276 e. The highest BCUT2D eigenvalue weighted by atomic mass is 32.2. The third-order valence-electron chi connectivity index (χ3n) is 3.72. The van der Waals surface area contributed by atoms with Crippen molar-refractivity contribution in [3.05, 3.63) is 59.6 Å². The maximum absolute atomic E-state index is 12.4. The molecule has 0 saturated carbocycles. The molecule has 5 nitrogen and oxygen atoms in total. The SMILES string of the molecule is CC(N)Sc1nc(C(=O)Nc2nc3ccc(-c4ccccc4)cc3s2)cs1. The molecule has 0 aliphatic rings. The second-order valence-corrected chi connectivity index (χ2v) is 9.36. The fourth-order valence-electron chi connectivity index (χ4n) is 2.52. The summed E-state index contributed by atoms with van der Waals surface area (Å²) < 4.78 is 1.81. The number of benzene rings is 2. The number of carbonyl (C=O) groups excluding carboxylic acids is 1. The molecule has 2 aromatic heterocycles. The Morgan fingerprint density at radius 2 is 1.96 bits per heavy atom. The Kier molecular flexibility index (Phi) is 5.22. The van der Waals surface area contributed by atoms with E-state index in [1.54, 1.807) is 5.38 Å². The standard InChI is InChI=1S/C19H16N4OS3/c1-11(20)26-19-22-15(10-25-19)17(24)23-18-21-14-8-7-13(9-16(14)27-18)12-5-3-2-4-6-12/h2-11H,20H2,1H3,(H,21,23,24). The molecule has 2 heterocycles. The van der Waals surface area contributed by atoms with E-state index in [0.29, 0.717) is 10.8 Å². The summed E-state index contributed by atoms with van der Waals surface area (Å²) in [7, 11) is 0. The quantitative estimate of drug-likeness (QED) is 0.353. The number of aromatic nitrogens is 2. The van der Waals surface area contributed by atoms with Crippen LogP contribution in [0, 0.1) is 0 Å². The van der Waals surface area contributed by atoms with Crippen LogP contribution in [0.1, 0.15) is 17.4 Å². The lowest BCUT2D eigenvalue weighted by molar-refractivity contribution is 0.102. The second kappa shape index (κ2) is 7.77. The zero-order chi connectivity index (χ0) is 18.8. The topological polar surface area (TPSA) is 80.9 Å². The van der Waals surface area contributed by atoms with Gasteiger partial charge in [-0.3, -0.25) is 10.1 Å². The van der Waals surface area contributed by atoms with E-state index < -0.39 is 0 Å². The van der Waals surface area contributed by atoms with Crippen molar-refractivity contribution in [2.75, 3.05) is 5.32 Å². The monoisotopic (exact) mass is 412 g/mol. The summed E-state index contributed by atoms with van der Waals surface area (Å²) in [5, 5.41) is 5.09. The molecule has 136 valence electrons. The van der Waals surface area contributed by atoms with Crippen LogP contribution >= 0.6 is 34.4 Å². The number of rotatable bonds is 5. The minimum absolute atomic E-state index is 0.0601. The summed E-state index contributed by atoms with van der Waals surface area (Å²) in [4.78, 5) is 21.3. The van der Waals surface area contributed by atoms with E-state index in [-0.39, 0.29) is 11.3 Å². The number of anilines is 1. The molecule has 0 fully saturated rings. The van der Waals surface area contributed by atoms with Crippen LogP contribution in [0.2, 0.25) is 0 Å². The van der Waals surface area contributed by atoms with Crippen molar-refractivity contribution in [1.82, 2.24) is 9.97 Å². The number of fused-ring (bicyclic) bond motifs is 1. The van der Waals surface area contributed by atoms with E-state index in [2.05, 4.69) is 33.5 Å². The van der Waals surface area contributed by atoms with Gasteiger partial charge in [0.2, 0.25) is 0 Å². The van der Waals surface area contributed by atoms with E-state index in [9.17, 15) is 4.79 Å². The maximum atomic E-state index is 12.4. The third kappa shape index (κ3) is 4.19. The van der Waals surface area contributed by atoms with E-state index in [1.165, 1.54) is 34.4 Å². The van der Waals surface area contributed by atoms with Crippen molar-refractivity contribution >= 4 is 55.7 Å². The van der Waals surface area contributed by atoms with Crippen LogP contribution in [0.15, 0.2) is 58.3 Å². The third-order valence-corrected chi connectivity index (χ3v) is 6.53. The Balaban J connectivity index is 1.54. The van der Waals surface area contributed by atoms with Gasteiger partial charge in [0, 0.05) is 5.38 Å². The van der Waals surface area contributed by atoms with Gasteiger partial charge in [-0.05, 0) is 30.2 Å². The van der Waals surface area contributed by atoms with Crippen LogP contribution in [-0.4, -0.2) is 21.2 Å². The average molecular weight is 413 g/mol. The Labute approximate surface area is 168 Å². The predicted octanol–water partition coefficient (Wildman–Crippen LogP) is 5.07. The van der Waals surface area contributed by atoms with Gasteiger partial charge in [-0.15, -0.1) is 11.3 Å². The molecule has 3 N–H and O–H groups in total. The van der Waals surface area contributed by atoms with Crippen molar-refractivity contribution in [2.24, 2.45) is 5.73 Å². The summed E-state index contributed by atoms with van der Waals surface area (Å²) in [6.07, 6.45) is 0. The number of thiazole rings is 2. The van der Waals surface area contributed by atoms with E-state index in [0.717, 1.165) is 25.7 Å². The van der Waals surface area contributed by atoms with Crippen LogP contribution in [0.5, 0.6) is 0 Å². The van der Waals surface area contributed by atoms with Gasteiger partial charge in [0.05, 0.1) is 15.6 Å². The molecule has 4 aromatic rings. The highest BCUT2D eigenvalue weighted by molar-refractivity contribution is 8.01. The molecule has 0 aliphatic carbocycles. The van der Waals surface area contributed by atoms with Crippen molar-refractivity contribution in [3.63, 3.8) is 0 Å². The zero-order valence-corrected chi connectivity index (χ0v) is 16.8. The number of hydrogen-bond acceptors (Lipinski definition) is 7. The zero-order valence-electron chi connectivity index (χ0n) is 14.4. The van der Waals surface area contributed by atoms with E-state index in [1.807, 2.05) is 37.3 Å². The molecule has 0 aliphatic heterocycles. The van der Waals surface area contributed by atoms with Crippen molar-refractivity contribution < 1.29 is 4.79 Å². The van der Waals surface area contributed by atoms with Crippen molar-refractivity contribution in [2.45, 2.75) is 16.6 Å². The molecule has 0 saturated heterocycles. The molecule has 0 spiro atoms. The van der Waals surface area contributed by atoms with Gasteiger partial charge < -0.3 is 5.73 Å². The Morgan fingerprint density at radius 3 is 2.74 bits per heavy atom. The van der Waals surface area contributed by atoms with Gasteiger partial charge in [-0.2, -0.15) is 0 Å². The normalized spacial score (nSPS) is 12.2. The average Bonchev–Trinajstić information content (AvgIpc) is 3.27. The minimum Gasteiger partial charge on any atom is -0.319 e. The number of carbonyl (C=O) groups is 1. The minimum atomic E-state index is -0.259. The number of nitrogens with one attached hydrogen (secondary N) is 1. The number of thioether (sulfide) groups is 1. The fourth-order valence-corrected chi connectivity index (χ4v) is 5.24. The van der Waals surface area contributed by atoms with Crippen LogP contribution in [0.25, 0.3) is 21.3 Å². The molecule has 8 heteroatoms. The molecule has 1 atom stereocenters. The first-order chi connectivity index (χ1) is 13.1. The molecular weight excluding hydrogens is 396 g/mol. The van der Waals surface area contributed by atoms with Crippen molar-refractivity contribution in [1.29, 1.82) is 0 Å². The van der Waals surface area contributed by atoms with Crippen LogP contribution in [-0.2, 0) is 0 Å². The molecule has 1 amide bonds.